The number of nitrogens with two attached hydrogens (primary N) is 1. The quantitative estimate of drug-likeness (QED) is 0.706. The number of hydrogen-bond acceptors (Lipinski definition) is 4. The molecule has 17 heavy (non-hydrogen) atoms. The van der Waals surface area contributed by atoms with Crippen LogP contribution in [0.1, 0.15) is 51.5 Å². The molecule has 0 aromatic carbocycles. The van der Waals surface area contributed by atoms with Gasteiger partial charge in [0.2, 0.25) is 0 Å². The molecule has 0 saturated carbocycles. The van der Waals surface area contributed by atoms with Crippen LogP contribution in [0.4, 0.5) is 0 Å². The summed E-state index contributed by atoms with van der Waals surface area (Å²) in [4.78, 5) is 19.1. The Bertz CT molecular complexity index is 312. The van der Waals surface area contributed by atoms with E-state index in [1.165, 1.54) is 12.8 Å². The summed E-state index contributed by atoms with van der Waals surface area (Å²) in [7, 11) is 0. The summed E-state index contributed by atoms with van der Waals surface area (Å²) in [5, 5.41) is 0. The highest BCUT2D eigenvalue weighted by Gasteiger charge is 2.11. The molecule has 0 amide bonds. The van der Waals surface area contributed by atoms with Crippen molar-refractivity contribution in [1.82, 2.24) is 9.55 Å². The van der Waals surface area contributed by atoms with Crippen molar-refractivity contribution in [1.29, 1.82) is 0 Å². The van der Waals surface area contributed by atoms with E-state index in [0.29, 0.717) is 12.5 Å². The van der Waals surface area contributed by atoms with Crippen molar-refractivity contribution < 1.29 is 9.63 Å². The highest BCUT2D eigenvalue weighted by Crippen LogP contribution is 2.21. The maximum atomic E-state index is 10.9. The van der Waals surface area contributed by atoms with Gasteiger partial charge in [-0.05, 0) is 19.3 Å². The summed E-state index contributed by atoms with van der Waals surface area (Å²) >= 11 is 0. The second-order valence-corrected chi connectivity index (χ2v) is 4.19. The SMILES string of the molecule is CCCCC(CCCC(=O)ON)n1ccnc1. The summed E-state index contributed by atoms with van der Waals surface area (Å²) < 4.78 is 2.11. The Hall–Kier alpha value is -1.36. The van der Waals surface area contributed by atoms with Crippen LogP contribution in [0.2, 0.25) is 0 Å². The predicted octanol–water partition coefficient (Wildman–Crippen LogP) is 2.20. The molecule has 1 aromatic heterocycles. The van der Waals surface area contributed by atoms with Crippen LogP contribution >= 0.6 is 0 Å². The lowest BCUT2D eigenvalue weighted by Crippen LogP contribution is -2.11. The van der Waals surface area contributed by atoms with Crippen LogP contribution in [0.3, 0.4) is 0 Å². The van der Waals surface area contributed by atoms with Crippen molar-refractivity contribution >= 4 is 5.97 Å². The van der Waals surface area contributed by atoms with Gasteiger partial charge in [0.1, 0.15) is 0 Å². The lowest BCUT2D eigenvalue weighted by molar-refractivity contribution is -0.144. The third-order valence-electron chi connectivity index (χ3n) is 2.89. The number of unbranched alkanes of at least 4 members (excludes halogenated alkanes) is 1. The Labute approximate surface area is 102 Å². The van der Waals surface area contributed by atoms with Crippen LogP contribution in [0, 0.1) is 0 Å². The normalized spacial score (nSPS) is 12.4. The van der Waals surface area contributed by atoms with Crippen LogP contribution < -0.4 is 5.90 Å². The van der Waals surface area contributed by atoms with E-state index in [1.54, 1.807) is 6.20 Å². The van der Waals surface area contributed by atoms with Crippen molar-refractivity contribution in [2.45, 2.75) is 51.5 Å². The number of aromatic nitrogens is 2. The van der Waals surface area contributed by atoms with Gasteiger partial charge in [-0.15, -0.1) is 0 Å². The Morgan fingerprint density at radius 1 is 1.47 bits per heavy atom. The molecule has 5 heteroatoms. The molecule has 0 radical (unpaired) electrons. The number of hydrogen-bond donors (Lipinski definition) is 1. The fraction of sp³-hybridized carbons (Fsp3) is 0.667. The molecular weight excluding hydrogens is 218 g/mol. The van der Waals surface area contributed by atoms with Gasteiger partial charge in [-0.1, -0.05) is 19.8 Å². The monoisotopic (exact) mass is 239 g/mol. The first-order chi connectivity index (χ1) is 8.27. The minimum absolute atomic E-state index is 0.343. The van der Waals surface area contributed by atoms with Crippen molar-refractivity contribution in [3.05, 3.63) is 18.7 Å². The molecule has 5 nitrogen and oxygen atoms in total. The topological polar surface area (TPSA) is 70.1 Å². The first-order valence-electron chi connectivity index (χ1n) is 6.15. The second kappa shape index (κ2) is 7.84. The van der Waals surface area contributed by atoms with Crippen LogP contribution in [-0.4, -0.2) is 15.5 Å². The van der Waals surface area contributed by atoms with E-state index in [2.05, 4.69) is 21.3 Å². The van der Waals surface area contributed by atoms with Gasteiger partial charge in [-0.2, -0.15) is 5.90 Å². The smallest absolute Gasteiger partial charge is 0.324 e. The first-order valence-corrected chi connectivity index (χ1v) is 6.15. The van der Waals surface area contributed by atoms with Gasteiger partial charge < -0.3 is 9.40 Å². The van der Waals surface area contributed by atoms with Gasteiger partial charge in [0, 0.05) is 24.9 Å². The number of nitrogens with zero attached hydrogens (tertiary/aromatic N) is 2. The molecule has 96 valence electrons. The number of carbonyl (C=O) groups excluding carboxylic acids is 1. The molecule has 1 rings (SSSR count). The van der Waals surface area contributed by atoms with E-state index in [-0.39, 0.29) is 5.97 Å². The van der Waals surface area contributed by atoms with E-state index in [1.807, 2.05) is 12.5 Å². The Balaban J connectivity index is 2.39. The third kappa shape index (κ3) is 4.99. The fourth-order valence-electron chi connectivity index (χ4n) is 1.91. The lowest BCUT2D eigenvalue weighted by Gasteiger charge is -2.17. The van der Waals surface area contributed by atoms with Crippen molar-refractivity contribution in [2.75, 3.05) is 0 Å². The molecule has 0 aliphatic carbocycles. The number of carbonyl (C=O) groups is 1. The molecule has 1 unspecified atom stereocenters. The van der Waals surface area contributed by atoms with E-state index >= 15 is 0 Å². The van der Waals surface area contributed by atoms with Crippen LogP contribution in [0.25, 0.3) is 0 Å². The summed E-state index contributed by atoms with van der Waals surface area (Å²) in [6.45, 7) is 2.18. The van der Waals surface area contributed by atoms with Crippen LogP contribution in [-0.2, 0) is 9.63 Å². The molecule has 2 N–H and O–H groups in total. The maximum absolute atomic E-state index is 10.9. The van der Waals surface area contributed by atoms with Crippen LogP contribution in [0.15, 0.2) is 18.7 Å². The first kappa shape index (κ1) is 13.7. The van der Waals surface area contributed by atoms with E-state index < -0.39 is 0 Å². The molecule has 1 aromatic rings. The van der Waals surface area contributed by atoms with Crippen LogP contribution in [0.5, 0.6) is 0 Å². The summed E-state index contributed by atoms with van der Waals surface area (Å²) in [5.41, 5.74) is 0. The molecule has 0 fully saturated rings. The summed E-state index contributed by atoms with van der Waals surface area (Å²) in [5.74, 6) is 4.46. The summed E-state index contributed by atoms with van der Waals surface area (Å²) in [6.07, 6.45) is 11.2. The molecule has 1 heterocycles. The van der Waals surface area contributed by atoms with E-state index in [9.17, 15) is 4.79 Å². The maximum Gasteiger partial charge on any atom is 0.324 e. The molecule has 0 aliphatic heterocycles. The van der Waals surface area contributed by atoms with Gasteiger partial charge in [0.25, 0.3) is 0 Å². The molecule has 0 bridgehead atoms. The Morgan fingerprint density at radius 3 is 2.82 bits per heavy atom. The van der Waals surface area contributed by atoms with E-state index in [0.717, 1.165) is 19.3 Å². The van der Waals surface area contributed by atoms with Gasteiger partial charge >= 0.3 is 5.97 Å². The highest BCUT2D eigenvalue weighted by molar-refractivity contribution is 5.68. The number of rotatable bonds is 8. The average molecular weight is 239 g/mol. The molecule has 0 spiro atoms. The molecule has 1 atom stereocenters. The molecule has 0 aliphatic rings. The van der Waals surface area contributed by atoms with Gasteiger partial charge in [-0.3, -0.25) is 4.79 Å². The van der Waals surface area contributed by atoms with Crippen molar-refractivity contribution in [3.63, 3.8) is 0 Å². The highest BCUT2D eigenvalue weighted by atomic mass is 16.7. The second-order valence-electron chi connectivity index (χ2n) is 4.19. The van der Waals surface area contributed by atoms with Crippen molar-refractivity contribution in [3.8, 4) is 0 Å². The average Bonchev–Trinajstić information content (AvgIpc) is 2.86. The largest absolute Gasteiger partial charge is 0.373 e. The van der Waals surface area contributed by atoms with Crippen molar-refractivity contribution in [2.24, 2.45) is 5.90 Å². The zero-order valence-electron chi connectivity index (χ0n) is 10.3. The fourth-order valence-corrected chi connectivity index (χ4v) is 1.91. The van der Waals surface area contributed by atoms with Gasteiger partial charge in [-0.25, -0.2) is 4.98 Å². The van der Waals surface area contributed by atoms with E-state index in [4.69, 9.17) is 5.90 Å². The Kier molecular flexibility index (Phi) is 6.32. The molecular formula is C12H21N3O2. The number of imidazole rings is 1. The van der Waals surface area contributed by atoms with Gasteiger partial charge in [0.05, 0.1) is 6.33 Å². The predicted molar refractivity (Wildman–Crippen MR) is 64.9 cm³/mol. The lowest BCUT2D eigenvalue weighted by atomic mass is 10.0. The van der Waals surface area contributed by atoms with Gasteiger partial charge in [0.15, 0.2) is 0 Å². The Morgan fingerprint density at radius 2 is 2.24 bits per heavy atom. The zero-order valence-corrected chi connectivity index (χ0v) is 10.3. The molecule has 0 saturated heterocycles. The summed E-state index contributed by atoms with van der Waals surface area (Å²) in [6, 6.07) is 0.419. The minimum atomic E-state index is -0.343. The standard InChI is InChI=1S/C12H21N3O2/c1-2-3-5-11(15-9-8-14-10-15)6-4-7-12(16)17-13/h8-11H,2-7,13H2,1H3. The zero-order chi connectivity index (χ0) is 12.5. The third-order valence-corrected chi connectivity index (χ3v) is 2.89. The minimum Gasteiger partial charge on any atom is -0.373 e.